The summed E-state index contributed by atoms with van der Waals surface area (Å²) in [5.41, 5.74) is 8.81. The molecule has 238 valence electrons. The van der Waals surface area contributed by atoms with Crippen molar-refractivity contribution in [2.45, 2.75) is 0 Å². The van der Waals surface area contributed by atoms with Crippen LogP contribution in [0.3, 0.4) is 0 Å². The van der Waals surface area contributed by atoms with E-state index in [-0.39, 0.29) is 0 Å². The van der Waals surface area contributed by atoms with Gasteiger partial charge in [-0.1, -0.05) is 127 Å². The van der Waals surface area contributed by atoms with Gasteiger partial charge in [0.25, 0.3) is 0 Å². The van der Waals surface area contributed by atoms with Crippen LogP contribution in [-0.4, -0.2) is 24.1 Å². The van der Waals surface area contributed by atoms with Crippen molar-refractivity contribution in [3.05, 3.63) is 164 Å². The maximum Gasteiger partial charge on any atom is 0.238 e. The van der Waals surface area contributed by atoms with Crippen LogP contribution >= 0.6 is 0 Å². The Balaban J connectivity index is 1.26. The van der Waals surface area contributed by atoms with Gasteiger partial charge in [-0.05, 0) is 36.4 Å². The number of hydrogen-bond donors (Lipinski definition) is 0. The smallest absolute Gasteiger partial charge is 0.238 e. The number of hydrogen-bond acceptors (Lipinski definition) is 4. The number of furan rings is 1. The molecule has 0 aliphatic rings. The van der Waals surface area contributed by atoms with E-state index in [0.717, 1.165) is 71.6 Å². The molecule has 0 saturated heterocycles. The summed E-state index contributed by atoms with van der Waals surface area (Å²) in [4.78, 5) is 15.3. The summed E-state index contributed by atoms with van der Waals surface area (Å²) in [7, 11) is 0. The van der Waals surface area contributed by atoms with Crippen LogP contribution in [0.5, 0.6) is 0 Å². The van der Waals surface area contributed by atoms with Crippen LogP contribution in [0.2, 0.25) is 0 Å². The Kier molecular flexibility index (Phi) is 5.86. The Morgan fingerprint density at radius 3 is 1.57 bits per heavy atom. The molecule has 7 aromatic carbocycles. The van der Waals surface area contributed by atoms with E-state index in [1.54, 1.807) is 0 Å². The summed E-state index contributed by atoms with van der Waals surface area (Å²) in [6.07, 6.45) is 0. The van der Waals surface area contributed by atoms with Crippen molar-refractivity contribution in [1.29, 1.82) is 0 Å². The van der Waals surface area contributed by atoms with Crippen molar-refractivity contribution in [2.75, 3.05) is 0 Å². The Morgan fingerprint density at radius 1 is 0.373 bits per heavy atom. The third-order valence-electron chi connectivity index (χ3n) is 9.98. The van der Waals surface area contributed by atoms with Gasteiger partial charge in [0.1, 0.15) is 5.58 Å². The van der Waals surface area contributed by atoms with Crippen LogP contribution < -0.4 is 0 Å². The monoisotopic (exact) mass is 653 g/mol. The van der Waals surface area contributed by atoms with Gasteiger partial charge in [-0.2, -0.15) is 9.97 Å². The van der Waals surface area contributed by atoms with E-state index in [0.29, 0.717) is 17.6 Å². The molecule has 51 heavy (non-hydrogen) atoms. The lowest BCUT2D eigenvalue weighted by Crippen LogP contribution is -2.06. The zero-order valence-electron chi connectivity index (χ0n) is 27.2. The number of para-hydroxylation sites is 4. The normalized spacial score (nSPS) is 11.9. The molecule has 6 nitrogen and oxygen atoms in total. The summed E-state index contributed by atoms with van der Waals surface area (Å²) in [5, 5.41) is 6.81. The molecule has 0 aliphatic carbocycles. The first-order valence-electron chi connectivity index (χ1n) is 17.0. The molecule has 0 N–H and O–H groups in total. The highest BCUT2D eigenvalue weighted by Gasteiger charge is 2.22. The van der Waals surface area contributed by atoms with Crippen LogP contribution in [0, 0.1) is 0 Å². The Morgan fingerprint density at radius 2 is 0.902 bits per heavy atom. The van der Waals surface area contributed by atoms with Gasteiger partial charge in [0.05, 0.1) is 27.8 Å². The summed E-state index contributed by atoms with van der Waals surface area (Å²) >= 11 is 0. The van der Waals surface area contributed by atoms with Gasteiger partial charge < -0.3 is 8.98 Å². The van der Waals surface area contributed by atoms with E-state index in [1.165, 1.54) is 10.8 Å². The molecule has 0 radical (unpaired) electrons. The zero-order chi connectivity index (χ0) is 33.5. The van der Waals surface area contributed by atoms with Crippen LogP contribution in [-0.2, 0) is 0 Å². The number of benzene rings is 7. The van der Waals surface area contributed by atoms with Crippen molar-refractivity contribution in [2.24, 2.45) is 0 Å². The summed E-state index contributed by atoms with van der Waals surface area (Å²) in [6, 6.07) is 56.7. The van der Waals surface area contributed by atoms with E-state index in [2.05, 4.69) is 100 Å². The topological polar surface area (TPSA) is 61.7 Å². The fourth-order valence-corrected chi connectivity index (χ4v) is 7.71. The minimum absolute atomic E-state index is 0.565. The van der Waals surface area contributed by atoms with Gasteiger partial charge in [0.15, 0.2) is 17.2 Å². The lowest BCUT2D eigenvalue weighted by atomic mass is 10.1. The molecule has 0 aliphatic heterocycles. The predicted octanol–water partition coefficient (Wildman–Crippen LogP) is 11.3. The van der Waals surface area contributed by atoms with Crippen LogP contribution in [0.4, 0.5) is 0 Å². The minimum atomic E-state index is 0.565. The lowest BCUT2D eigenvalue weighted by molar-refractivity contribution is 0.666. The zero-order valence-corrected chi connectivity index (χ0v) is 27.2. The van der Waals surface area contributed by atoms with E-state index in [1.807, 2.05) is 72.8 Å². The van der Waals surface area contributed by atoms with Gasteiger partial charge in [0, 0.05) is 43.4 Å². The van der Waals surface area contributed by atoms with Gasteiger partial charge in [-0.15, -0.1) is 0 Å². The second-order valence-electron chi connectivity index (χ2n) is 12.9. The fourth-order valence-electron chi connectivity index (χ4n) is 7.71. The van der Waals surface area contributed by atoms with Crippen LogP contribution in [0.15, 0.2) is 168 Å². The highest BCUT2D eigenvalue weighted by molar-refractivity contribution is 6.20. The molecule has 0 fully saturated rings. The Bertz CT molecular complexity index is 3080. The first-order valence-corrected chi connectivity index (χ1v) is 17.0. The average molecular weight is 654 g/mol. The Labute approximate surface area is 291 Å². The van der Waals surface area contributed by atoms with Crippen LogP contribution in [0.25, 0.3) is 100.0 Å². The minimum Gasteiger partial charge on any atom is -0.454 e. The maximum atomic E-state index is 6.59. The molecule has 6 heteroatoms. The summed E-state index contributed by atoms with van der Waals surface area (Å²) < 4.78 is 11.1. The number of fused-ring (bicyclic) bond motifs is 9. The third kappa shape index (κ3) is 4.14. The fraction of sp³-hybridized carbons (Fsp3) is 0. The highest BCUT2D eigenvalue weighted by Crippen LogP contribution is 2.41. The molecule has 0 amide bonds. The first kappa shape index (κ1) is 27.9. The molecule has 0 unspecified atom stereocenters. The molecule has 0 bridgehead atoms. The SMILES string of the molecule is c1ccc(-c2nc(-c3ccccc3)nc(-n3c4ccccc4c4cc5c6ccccc6n(-c6cccc7c6oc6ccccc67)c5cc43)n2)cc1. The molecule has 0 spiro atoms. The molecular weight excluding hydrogens is 627 g/mol. The van der Waals surface area contributed by atoms with Crippen molar-refractivity contribution in [1.82, 2.24) is 24.1 Å². The van der Waals surface area contributed by atoms with Crippen LogP contribution in [0.1, 0.15) is 0 Å². The number of aromatic nitrogens is 5. The molecule has 4 heterocycles. The quantitative estimate of drug-likeness (QED) is 0.190. The highest BCUT2D eigenvalue weighted by atomic mass is 16.3. The molecule has 11 aromatic rings. The van der Waals surface area contributed by atoms with Gasteiger partial charge in [-0.25, -0.2) is 4.98 Å². The second-order valence-corrected chi connectivity index (χ2v) is 12.9. The van der Waals surface area contributed by atoms with Crippen molar-refractivity contribution in [3.63, 3.8) is 0 Å². The van der Waals surface area contributed by atoms with E-state index < -0.39 is 0 Å². The first-order chi connectivity index (χ1) is 25.3. The molecule has 11 rings (SSSR count). The summed E-state index contributed by atoms with van der Waals surface area (Å²) in [6.45, 7) is 0. The van der Waals surface area contributed by atoms with E-state index >= 15 is 0 Å². The van der Waals surface area contributed by atoms with Crippen molar-refractivity contribution in [3.8, 4) is 34.4 Å². The van der Waals surface area contributed by atoms with Gasteiger partial charge >= 0.3 is 0 Å². The standard InChI is InChI=1S/C45H27N5O/c1-3-14-28(15-4-1)43-46-44(29-16-5-2-6-17-29)48-45(47-43)50-37-23-11-8-19-31(37)35-26-34-30-18-7-10-22-36(30)49(39(34)27-40(35)50)38-24-13-21-33-32-20-9-12-25-41(32)51-42(33)38/h1-27H. The molecule has 0 atom stereocenters. The molecular formula is C45H27N5O. The maximum absolute atomic E-state index is 6.59. The second kappa shape index (κ2) is 10.7. The average Bonchev–Trinajstić information content (AvgIpc) is 3.85. The molecule has 4 aromatic heterocycles. The molecule has 0 saturated carbocycles. The van der Waals surface area contributed by atoms with Crippen molar-refractivity contribution >= 4 is 65.6 Å². The predicted molar refractivity (Wildman–Crippen MR) is 207 cm³/mol. The van der Waals surface area contributed by atoms with Gasteiger partial charge in [-0.3, -0.25) is 4.57 Å². The third-order valence-corrected chi connectivity index (χ3v) is 9.98. The van der Waals surface area contributed by atoms with Gasteiger partial charge in [0.2, 0.25) is 5.95 Å². The largest absolute Gasteiger partial charge is 0.454 e. The lowest BCUT2D eigenvalue weighted by Gasteiger charge is -2.12. The number of nitrogens with zero attached hydrogens (tertiary/aromatic N) is 5. The van der Waals surface area contributed by atoms with Crippen molar-refractivity contribution < 1.29 is 4.42 Å². The Hall–Kier alpha value is -7.05. The summed E-state index contributed by atoms with van der Waals surface area (Å²) in [5.74, 6) is 1.81. The van der Waals surface area contributed by atoms with E-state index in [4.69, 9.17) is 19.4 Å². The number of rotatable bonds is 4. The van der Waals surface area contributed by atoms with E-state index in [9.17, 15) is 0 Å².